The molecule has 2 rings (SSSR count). The molecule has 1 aliphatic heterocycles. The van der Waals surface area contributed by atoms with Crippen molar-refractivity contribution in [2.75, 3.05) is 13.6 Å². The molecule has 2 N–H and O–H groups in total. The van der Waals surface area contributed by atoms with Crippen molar-refractivity contribution in [2.24, 2.45) is 11.8 Å². The van der Waals surface area contributed by atoms with Crippen LogP contribution in [0.1, 0.15) is 25.7 Å². The maximum absolute atomic E-state index is 11.2. The Labute approximate surface area is 79.3 Å². The number of rotatable bonds is 3. The van der Waals surface area contributed by atoms with Crippen LogP contribution in [0, 0.1) is 11.8 Å². The zero-order valence-electron chi connectivity index (χ0n) is 8.18. The lowest BCUT2D eigenvalue weighted by atomic mass is 9.87. The van der Waals surface area contributed by atoms with E-state index in [1.807, 2.05) is 7.05 Å². The fourth-order valence-corrected chi connectivity index (χ4v) is 2.43. The molecule has 1 aliphatic carbocycles. The minimum atomic E-state index is 0.233. The topological polar surface area (TPSA) is 41.1 Å². The number of carbonyl (C=O) groups is 1. The van der Waals surface area contributed by atoms with Crippen LogP contribution in [0.2, 0.25) is 0 Å². The highest BCUT2D eigenvalue weighted by molar-refractivity contribution is 5.76. The second-order valence-corrected chi connectivity index (χ2v) is 4.25. The number of carbonyl (C=O) groups excluding carboxylic acids is 1. The molecule has 1 saturated carbocycles. The summed E-state index contributed by atoms with van der Waals surface area (Å²) in [5, 5.41) is 6.26. The van der Waals surface area contributed by atoms with Crippen molar-refractivity contribution in [1.82, 2.24) is 10.6 Å². The van der Waals surface area contributed by atoms with E-state index in [1.165, 1.54) is 12.8 Å². The summed E-state index contributed by atoms with van der Waals surface area (Å²) in [6, 6.07) is 0.589. The van der Waals surface area contributed by atoms with Gasteiger partial charge in [-0.2, -0.15) is 0 Å². The van der Waals surface area contributed by atoms with Gasteiger partial charge in [-0.1, -0.05) is 0 Å². The van der Waals surface area contributed by atoms with E-state index in [9.17, 15) is 4.79 Å². The summed E-state index contributed by atoms with van der Waals surface area (Å²) >= 11 is 0. The average molecular weight is 182 g/mol. The van der Waals surface area contributed by atoms with Crippen molar-refractivity contribution < 1.29 is 4.79 Å². The van der Waals surface area contributed by atoms with Gasteiger partial charge in [-0.05, 0) is 38.1 Å². The number of hydrogen-bond acceptors (Lipinski definition) is 2. The van der Waals surface area contributed by atoms with E-state index >= 15 is 0 Å². The largest absolute Gasteiger partial charge is 0.356 e. The second kappa shape index (κ2) is 3.66. The Balaban J connectivity index is 1.92. The van der Waals surface area contributed by atoms with Crippen LogP contribution in [0.15, 0.2) is 0 Å². The predicted octanol–water partition coefficient (Wildman–Crippen LogP) is 0.511. The molecule has 0 radical (unpaired) electrons. The van der Waals surface area contributed by atoms with Gasteiger partial charge >= 0.3 is 0 Å². The normalized spacial score (nSPS) is 31.2. The molecular weight excluding hydrogens is 164 g/mol. The molecule has 2 fully saturated rings. The summed E-state index contributed by atoms with van der Waals surface area (Å²) in [7, 11) is 2.02. The molecule has 2 atom stereocenters. The van der Waals surface area contributed by atoms with Crippen molar-refractivity contribution in [1.29, 1.82) is 0 Å². The Morgan fingerprint density at radius 1 is 1.38 bits per heavy atom. The summed E-state index contributed by atoms with van der Waals surface area (Å²) in [5.41, 5.74) is 0. The zero-order valence-corrected chi connectivity index (χ0v) is 8.18. The lowest BCUT2D eigenvalue weighted by molar-refractivity contribution is -0.123. The fourth-order valence-electron chi connectivity index (χ4n) is 2.43. The van der Waals surface area contributed by atoms with Gasteiger partial charge in [-0.3, -0.25) is 4.79 Å². The van der Waals surface area contributed by atoms with Gasteiger partial charge in [0.1, 0.15) is 0 Å². The first-order valence-corrected chi connectivity index (χ1v) is 5.25. The molecule has 0 aromatic rings. The summed E-state index contributed by atoms with van der Waals surface area (Å²) in [4.78, 5) is 11.2. The SMILES string of the molecule is CNC(C1CC1)C1CCNC(=O)C1. The van der Waals surface area contributed by atoms with Crippen LogP contribution in [0.25, 0.3) is 0 Å². The molecule has 0 aromatic carbocycles. The van der Waals surface area contributed by atoms with E-state index in [0.29, 0.717) is 12.0 Å². The van der Waals surface area contributed by atoms with Crippen LogP contribution >= 0.6 is 0 Å². The van der Waals surface area contributed by atoms with Crippen molar-refractivity contribution in [2.45, 2.75) is 31.7 Å². The number of amides is 1. The third kappa shape index (κ3) is 2.02. The van der Waals surface area contributed by atoms with Gasteiger partial charge in [-0.15, -0.1) is 0 Å². The Hall–Kier alpha value is -0.570. The summed E-state index contributed by atoms with van der Waals surface area (Å²) in [5.74, 6) is 1.66. The van der Waals surface area contributed by atoms with Crippen LogP contribution in [0.3, 0.4) is 0 Å². The van der Waals surface area contributed by atoms with E-state index in [2.05, 4.69) is 10.6 Å². The number of nitrogens with one attached hydrogen (secondary N) is 2. The molecule has 3 nitrogen and oxygen atoms in total. The number of hydrogen-bond donors (Lipinski definition) is 2. The Morgan fingerprint density at radius 3 is 2.69 bits per heavy atom. The van der Waals surface area contributed by atoms with Crippen LogP contribution in [0.5, 0.6) is 0 Å². The first-order chi connectivity index (χ1) is 6.31. The molecular formula is C10H18N2O. The molecule has 1 heterocycles. The third-order valence-electron chi connectivity index (χ3n) is 3.26. The monoisotopic (exact) mass is 182 g/mol. The summed E-state index contributed by atoms with van der Waals surface area (Å²) in [6.07, 6.45) is 4.57. The molecule has 1 saturated heterocycles. The predicted molar refractivity (Wildman–Crippen MR) is 51.3 cm³/mol. The van der Waals surface area contributed by atoms with Crippen molar-refractivity contribution >= 4 is 5.91 Å². The Morgan fingerprint density at radius 2 is 2.15 bits per heavy atom. The Kier molecular flexibility index (Phi) is 2.54. The van der Waals surface area contributed by atoms with Gasteiger partial charge < -0.3 is 10.6 Å². The van der Waals surface area contributed by atoms with Gasteiger partial charge in [0.15, 0.2) is 0 Å². The standard InChI is InChI=1S/C10H18N2O/c1-11-10(7-2-3-7)8-4-5-12-9(13)6-8/h7-8,10-11H,2-6H2,1H3,(H,12,13). The van der Waals surface area contributed by atoms with Crippen LogP contribution in [0.4, 0.5) is 0 Å². The van der Waals surface area contributed by atoms with Gasteiger partial charge in [0.25, 0.3) is 0 Å². The van der Waals surface area contributed by atoms with Gasteiger partial charge in [0.2, 0.25) is 5.91 Å². The maximum Gasteiger partial charge on any atom is 0.220 e. The molecule has 0 spiro atoms. The van der Waals surface area contributed by atoms with E-state index in [0.717, 1.165) is 25.3 Å². The van der Waals surface area contributed by atoms with Crippen LogP contribution in [-0.4, -0.2) is 25.5 Å². The molecule has 3 heteroatoms. The van der Waals surface area contributed by atoms with Crippen molar-refractivity contribution in [3.8, 4) is 0 Å². The second-order valence-electron chi connectivity index (χ2n) is 4.25. The van der Waals surface area contributed by atoms with E-state index in [1.54, 1.807) is 0 Å². The first kappa shape index (κ1) is 9.00. The van der Waals surface area contributed by atoms with Gasteiger partial charge in [0.05, 0.1) is 0 Å². The number of piperidine rings is 1. The summed E-state index contributed by atoms with van der Waals surface area (Å²) < 4.78 is 0. The molecule has 74 valence electrons. The lowest BCUT2D eigenvalue weighted by Crippen LogP contribution is -2.43. The van der Waals surface area contributed by atoms with E-state index in [4.69, 9.17) is 0 Å². The van der Waals surface area contributed by atoms with Gasteiger partial charge in [0, 0.05) is 19.0 Å². The van der Waals surface area contributed by atoms with Crippen LogP contribution in [-0.2, 0) is 4.79 Å². The van der Waals surface area contributed by atoms with Gasteiger partial charge in [-0.25, -0.2) is 0 Å². The highest BCUT2D eigenvalue weighted by Crippen LogP contribution is 2.37. The molecule has 1 amide bonds. The zero-order chi connectivity index (χ0) is 9.26. The highest BCUT2D eigenvalue weighted by Gasteiger charge is 2.37. The smallest absolute Gasteiger partial charge is 0.220 e. The maximum atomic E-state index is 11.2. The average Bonchev–Trinajstić information content (AvgIpc) is 2.90. The van der Waals surface area contributed by atoms with E-state index in [-0.39, 0.29) is 5.91 Å². The van der Waals surface area contributed by atoms with Crippen LogP contribution < -0.4 is 10.6 Å². The van der Waals surface area contributed by atoms with Crippen molar-refractivity contribution in [3.05, 3.63) is 0 Å². The minimum Gasteiger partial charge on any atom is -0.356 e. The molecule has 0 bridgehead atoms. The third-order valence-corrected chi connectivity index (χ3v) is 3.26. The lowest BCUT2D eigenvalue weighted by Gasteiger charge is -2.29. The first-order valence-electron chi connectivity index (χ1n) is 5.25. The molecule has 13 heavy (non-hydrogen) atoms. The molecule has 2 aliphatic rings. The summed E-state index contributed by atoms with van der Waals surface area (Å²) in [6.45, 7) is 0.869. The van der Waals surface area contributed by atoms with E-state index < -0.39 is 0 Å². The Bertz CT molecular complexity index is 201. The highest BCUT2D eigenvalue weighted by atomic mass is 16.1. The molecule has 0 aromatic heterocycles. The quantitative estimate of drug-likeness (QED) is 0.667. The minimum absolute atomic E-state index is 0.233. The fraction of sp³-hybridized carbons (Fsp3) is 0.900. The van der Waals surface area contributed by atoms with Crippen molar-refractivity contribution in [3.63, 3.8) is 0 Å². The molecule has 2 unspecified atom stereocenters.